The Labute approximate surface area is 173 Å². The Bertz CT molecular complexity index is 1160. The molecule has 0 atom stereocenters. The van der Waals surface area contributed by atoms with Crippen molar-refractivity contribution in [1.29, 1.82) is 0 Å². The molecule has 0 aliphatic heterocycles. The molecule has 2 heterocycles. The lowest BCUT2D eigenvalue weighted by molar-refractivity contribution is -0.116. The Morgan fingerprint density at radius 3 is 2.72 bits per heavy atom. The summed E-state index contributed by atoms with van der Waals surface area (Å²) in [6.07, 6.45) is 2.49. The summed E-state index contributed by atoms with van der Waals surface area (Å²) in [5, 5.41) is 3.31. The zero-order chi connectivity index (χ0) is 20.2. The van der Waals surface area contributed by atoms with Gasteiger partial charge in [-0.15, -0.1) is 0 Å². The summed E-state index contributed by atoms with van der Waals surface area (Å²) in [6.45, 7) is 0. The predicted molar refractivity (Wildman–Crippen MR) is 114 cm³/mol. The van der Waals surface area contributed by atoms with Crippen LogP contribution in [0.4, 0.5) is 5.69 Å². The zero-order valence-electron chi connectivity index (χ0n) is 15.8. The molecule has 0 saturated heterocycles. The predicted octanol–water partition coefficient (Wildman–Crippen LogP) is 4.65. The fourth-order valence-electron chi connectivity index (χ4n) is 3.17. The maximum Gasteiger partial charge on any atom is 0.224 e. The number of hydrogen-bond donors (Lipinski definition) is 1. The minimum absolute atomic E-state index is 0.120. The molecule has 0 unspecified atom stereocenters. The third-order valence-corrected chi connectivity index (χ3v) is 4.81. The van der Waals surface area contributed by atoms with Crippen LogP contribution in [0, 0.1) is 0 Å². The summed E-state index contributed by atoms with van der Waals surface area (Å²) in [7, 11) is 1.55. The first-order valence-electron chi connectivity index (χ1n) is 9.17. The van der Waals surface area contributed by atoms with Crippen molar-refractivity contribution in [2.45, 2.75) is 12.8 Å². The van der Waals surface area contributed by atoms with E-state index in [1.807, 2.05) is 47.0 Å². The number of pyridine rings is 1. The van der Waals surface area contributed by atoms with Crippen molar-refractivity contribution in [3.63, 3.8) is 0 Å². The van der Waals surface area contributed by atoms with Gasteiger partial charge in [0.05, 0.1) is 12.1 Å². The summed E-state index contributed by atoms with van der Waals surface area (Å²) in [5.74, 6) is 1.23. The van der Waals surface area contributed by atoms with Crippen LogP contribution in [0.3, 0.4) is 0 Å². The smallest absolute Gasteiger partial charge is 0.224 e. The van der Waals surface area contributed by atoms with Gasteiger partial charge >= 0.3 is 0 Å². The van der Waals surface area contributed by atoms with E-state index in [0.29, 0.717) is 22.9 Å². The van der Waals surface area contributed by atoms with Gasteiger partial charge in [-0.2, -0.15) is 0 Å². The van der Waals surface area contributed by atoms with Crippen LogP contribution in [-0.4, -0.2) is 27.6 Å². The maximum atomic E-state index is 12.5. The first-order chi connectivity index (χ1) is 14.2. The van der Waals surface area contributed by atoms with Crippen molar-refractivity contribution in [3.05, 3.63) is 77.7 Å². The molecule has 0 aliphatic carbocycles. The number of anilines is 1. The number of imidazole rings is 1. The average Bonchev–Trinajstić information content (AvgIpc) is 3.11. The lowest BCUT2D eigenvalue weighted by Crippen LogP contribution is -2.14. The number of rotatable bonds is 6. The Hall–Kier alpha value is -3.38. The van der Waals surface area contributed by atoms with E-state index in [9.17, 15) is 4.79 Å². The van der Waals surface area contributed by atoms with Crippen molar-refractivity contribution >= 4 is 34.4 Å². The summed E-state index contributed by atoms with van der Waals surface area (Å²) >= 11 is 6.12. The van der Waals surface area contributed by atoms with Gasteiger partial charge in [0.15, 0.2) is 5.65 Å². The van der Waals surface area contributed by atoms with Crippen LogP contribution >= 0.6 is 11.6 Å². The van der Waals surface area contributed by atoms with E-state index in [1.165, 1.54) is 0 Å². The minimum atomic E-state index is -0.120. The molecule has 29 heavy (non-hydrogen) atoms. The standard InChI is InChI=1S/C22H19ClN4O2/c1-29-19-10-9-15(14-17(19)23)25-21(28)12-11-20-26-18-8-5-13-24-22(18)27(20)16-6-3-2-4-7-16/h2-10,13-14H,11-12H2,1H3,(H,25,28). The number of carbonyl (C=O) groups is 1. The molecule has 0 spiro atoms. The fourth-order valence-corrected chi connectivity index (χ4v) is 3.43. The van der Waals surface area contributed by atoms with Gasteiger partial charge in [-0.25, -0.2) is 9.97 Å². The van der Waals surface area contributed by atoms with E-state index in [4.69, 9.17) is 16.3 Å². The second-order valence-corrected chi connectivity index (χ2v) is 6.85. The molecule has 7 heteroatoms. The molecule has 4 aromatic rings. The molecule has 0 bridgehead atoms. The molecule has 0 aliphatic rings. The highest BCUT2D eigenvalue weighted by molar-refractivity contribution is 6.32. The average molecular weight is 407 g/mol. The SMILES string of the molecule is COc1ccc(NC(=O)CCc2nc3cccnc3n2-c2ccccc2)cc1Cl. The molecule has 6 nitrogen and oxygen atoms in total. The lowest BCUT2D eigenvalue weighted by Gasteiger charge is -2.10. The fraction of sp³-hybridized carbons (Fsp3) is 0.136. The molecule has 0 radical (unpaired) electrons. The molecule has 2 aromatic heterocycles. The number of carbonyl (C=O) groups excluding carboxylic acids is 1. The van der Waals surface area contributed by atoms with Crippen molar-refractivity contribution in [3.8, 4) is 11.4 Å². The number of ether oxygens (including phenoxy) is 1. The normalized spacial score (nSPS) is 10.8. The molecule has 0 fully saturated rings. The van der Waals surface area contributed by atoms with Crippen molar-refractivity contribution < 1.29 is 9.53 Å². The number of halogens is 1. The monoisotopic (exact) mass is 406 g/mol. The minimum Gasteiger partial charge on any atom is -0.495 e. The summed E-state index contributed by atoms with van der Waals surface area (Å²) in [6, 6.07) is 18.8. The second-order valence-electron chi connectivity index (χ2n) is 6.44. The number of nitrogens with zero attached hydrogens (tertiary/aromatic N) is 3. The molecule has 1 N–H and O–H groups in total. The van der Waals surface area contributed by atoms with E-state index in [1.54, 1.807) is 31.5 Å². The van der Waals surface area contributed by atoms with Crippen LogP contribution in [0.5, 0.6) is 5.75 Å². The van der Waals surface area contributed by atoms with Crippen molar-refractivity contribution in [1.82, 2.24) is 14.5 Å². The van der Waals surface area contributed by atoms with Crippen LogP contribution in [0.25, 0.3) is 16.9 Å². The number of amides is 1. The number of nitrogens with one attached hydrogen (secondary N) is 1. The first-order valence-corrected chi connectivity index (χ1v) is 9.54. The van der Waals surface area contributed by atoms with Crippen molar-refractivity contribution in [2.75, 3.05) is 12.4 Å². The molecular weight excluding hydrogens is 388 g/mol. The molecule has 2 aromatic carbocycles. The van der Waals surface area contributed by atoms with E-state index in [0.717, 1.165) is 22.7 Å². The molecule has 146 valence electrons. The summed E-state index contributed by atoms with van der Waals surface area (Å²) < 4.78 is 7.13. The topological polar surface area (TPSA) is 69.0 Å². The Morgan fingerprint density at radius 1 is 1.14 bits per heavy atom. The van der Waals surface area contributed by atoms with Crippen LogP contribution in [0.1, 0.15) is 12.2 Å². The molecule has 1 amide bonds. The zero-order valence-corrected chi connectivity index (χ0v) is 16.6. The molecule has 4 rings (SSSR count). The highest BCUT2D eigenvalue weighted by Crippen LogP contribution is 2.27. The van der Waals surface area contributed by atoms with Gasteiger partial charge in [-0.05, 0) is 42.5 Å². The molecule has 0 saturated carbocycles. The van der Waals surface area contributed by atoms with Crippen LogP contribution in [0.15, 0.2) is 66.9 Å². The summed E-state index contributed by atoms with van der Waals surface area (Å²) in [5.41, 5.74) is 3.16. The maximum absolute atomic E-state index is 12.5. The number of aryl methyl sites for hydroxylation is 1. The number of para-hydroxylation sites is 1. The highest BCUT2D eigenvalue weighted by Gasteiger charge is 2.15. The van der Waals surface area contributed by atoms with Gasteiger partial charge in [0, 0.05) is 30.4 Å². The van der Waals surface area contributed by atoms with E-state index in [2.05, 4.69) is 15.3 Å². The summed E-state index contributed by atoms with van der Waals surface area (Å²) in [4.78, 5) is 21.6. The van der Waals surface area contributed by atoms with Crippen LogP contribution in [0.2, 0.25) is 5.02 Å². The Balaban J connectivity index is 1.54. The number of fused-ring (bicyclic) bond motifs is 1. The number of aromatic nitrogens is 3. The van der Waals surface area contributed by atoms with E-state index in [-0.39, 0.29) is 12.3 Å². The van der Waals surface area contributed by atoms with Crippen LogP contribution < -0.4 is 10.1 Å². The number of hydrogen-bond acceptors (Lipinski definition) is 4. The van der Waals surface area contributed by atoms with Gasteiger partial charge in [-0.3, -0.25) is 9.36 Å². The van der Waals surface area contributed by atoms with E-state index >= 15 is 0 Å². The Kier molecular flexibility index (Phi) is 5.44. The van der Waals surface area contributed by atoms with Gasteiger partial charge in [0.1, 0.15) is 17.1 Å². The third kappa shape index (κ3) is 4.07. The molecular formula is C22H19ClN4O2. The van der Waals surface area contributed by atoms with Gasteiger partial charge in [0.25, 0.3) is 0 Å². The van der Waals surface area contributed by atoms with Crippen molar-refractivity contribution in [2.24, 2.45) is 0 Å². The number of benzene rings is 2. The second kappa shape index (κ2) is 8.32. The Morgan fingerprint density at radius 2 is 1.97 bits per heavy atom. The number of methoxy groups -OCH3 is 1. The van der Waals surface area contributed by atoms with Gasteiger partial charge in [-0.1, -0.05) is 29.8 Å². The van der Waals surface area contributed by atoms with Crippen LogP contribution in [-0.2, 0) is 11.2 Å². The lowest BCUT2D eigenvalue weighted by atomic mass is 10.2. The third-order valence-electron chi connectivity index (χ3n) is 4.51. The van der Waals surface area contributed by atoms with Gasteiger partial charge in [0.2, 0.25) is 5.91 Å². The van der Waals surface area contributed by atoms with Gasteiger partial charge < -0.3 is 10.1 Å². The van der Waals surface area contributed by atoms with E-state index < -0.39 is 0 Å². The first kappa shape index (κ1) is 19.0. The quantitative estimate of drug-likeness (QED) is 0.506. The highest BCUT2D eigenvalue weighted by atomic mass is 35.5. The largest absolute Gasteiger partial charge is 0.495 e.